The summed E-state index contributed by atoms with van der Waals surface area (Å²) < 4.78 is 0. The maximum Gasteiger partial charge on any atom is 0.155 e. The summed E-state index contributed by atoms with van der Waals surface area (Å²) >= 11 is 0. The standard InChI is InChI=1S/C19H26O2/c1-18-9-7-13(20)11-12(18)3-4-14-15-5-6-17(21)19(15,2)10-8-16(14)18/h7,9,12,14-16H,3-6,8,10-11H2,1-2H3/t12-,14+,15+,16+,18-,19+/m0/s1. The molecular weight excluding hydrogens is 260 g/mol. The Kier molecular flexibility index (Phi) is 2.81. The molecule has 0 aromatic heterocycles. The highest BCUT2D eigenvalue weighted by atomic mass is 16.1. The van der Waals surface area contributed by atoms with Gasteiger partial charge in [-0.2, -0.15) is 0 Å². The summed E-state index contributed by atoms with van der Waals surface area (Å²) in [7, 11) is 0. The zero-order valence-electron chi connectivity index (χ0n) is 13.2. The molecule has 0 aromatic rings. The second-order valence-corrected chi connectivity index (χ2v) is 8.44. The van der Waals surface area contributed by atoms with Gasteiger partial charge in [0, 0.05) is 18.3 Å². The zero-order chi connectivity index (χ0) is 14.8. The Morgan fingerprint density at radius 2 is 1.86 bits per heavy atom. The van der Waals surface area contributed by atoms with E-state index in [4.69, 9.17) is 0 Å². The highest BCUT2D eigenvalue weighted by Crippen LogP contribution is 2.64. The molecule has 0 aromatic carbocycles. The first kappa shape index (κ1) is 13.7. The first-order valence-corrected chi connectivity index (χ1v) is 8.70. The van der Waals surface area contributed by atoms with E-state index >= 15 is 0 Å². The Morgan fingerprint density at radius 1 is 1.05 bits per heavy atom. The lowest BCUT2D eigenvalue weighted by molar-refractivity contribution is -0.135. The fourth-order valence-electron chi connectivity index (χ4n) is 6.41. The third-order valence-electron chi connectivity index (χ3n) is 7.75. The van der Waals surface area contributed by atoms with Crippen LogP contribution in [0.4, 0.5) is 0 Å². The molecule has 4 rings (SSSR count). The predicted octanol–water partition coefficient (Wildman–Crippen LogP) is 3.94. The Labute approximate surface area is 127 Å². The Hall–Kier alpha value is -0.920. The van der Waals surface area contributed by atoms with Gasteiger partial charge in [0.1, 0.15) is 5.78 Å². The van der Waals surface area contributed by atoms with Crippen molar-refractivity contribution >= 4 is 11.6 Å². The average molecular weight is 286 g/mol. The molecule has 114 valence electrons. The van der Waals surface area contributed by atoms with Crippen molar-refractivity contribution in [3.63, 3.8) is 0 Å². The number of allylic oxidation sites excluding steroid dienone is 2. The van der Waals surface area contributed by atoms with Crippen LogP contribution >= 0.6 is 0 Å². The fraction of sp³-hybridized carbons (Fsp3) is 0.789. The molecular formula is C19H26O2. The van der Waals surface area contributed by atoms with Gasteiger partial charge in [-0.15, -0.1) is 0 Å². The number of carbonyl (C=O) groups excluding carboxylic acids is 2. The van der Waals surface area contributed by atoms with Crippen molar-refractivity contribution in [3.8, 4) is 0 Å². The minimum Gasteiger partial charge on any atom is -0.299 e. The average Bonchev–Trinajstić information content (AvgIpc) is 2.76. The van der Waals surface area contributed by atoms with E-state index in [0.717, 1.165) is 25.7 Å². The summed E-state index contributed by atoms with van der Waals surface area (Å²) in [5.41, 5.74) is 0.169. The van der Waals surface area contributed by atoms with Gasteiger partial charge in [-0.25, -0.2) is 0 Å². The number of Topliss-reactive ketones (excluding diaryl/α,β-unsaturated/α-hetero) is 1. The molecule has 0 amide bonds. The molecule has 3 fully saturated rings. The first-order valence-electron chi connectivity index (χ1n) is 8.70. The summed E-state index contributed by atoms with van der Waals surface area (Å²) in [6.45, 7) is 4.62. The van der Waals surface area contributed by atoms with Gasteiger partial charge in [-0.1, -0.05) is 19.9 Å². The van der Waals surface area contributed by atoms with Gasteiger partial charge in [0.2, 0.25) is 0 Å². The van der Waals surface area contributed by atoms with E-state index < -0.39 is 0 Å². The monoisotopic (exact) mass is 286 g/mol. The van der Waals surface area contributed by atoms with Crippen molar-refractivity contribution < 1.29 is 9.59 Å². The summed E-state index contributed by atoms with van der Waals surface area (Å²) in [5.74, 6) is 3.37. The van der Waals surface area contributed by atoms with Gasteiger partial charge in [0.15, 0.2) is 5.78 Å². The van der Waals surface area contributed by atoms with Gasteiger partial charge >= 0.3 is 0 Å². The molecule has 0 spiro atoms. The SMILES string of the molecule is C[C@]12C=CC(=O)C[C@@H]1CC[C@H]1[C@H]2CC[C@@]2(C)C(=O)CC[C@H]12. The summed E-state index contributed by atoms with van der Waals surface area (Å²) in [6, 6.07) is 0. The van der Waals surface area contributed by atoms with E-state index in [1.165, 1.54) is 19.3 Å². The van der Waals surface area contributed by atoms with Crippen molar-refractivity contribution in [2.75, 3.05) is 0 Å². The molecule has 6 atom stereocenters. The van der Waals surface area contributed by atoms with Crippen LogP contribution in [0.3, 0.4) is 0 Å². The summed E-state index contributed by atoms with van der Waals surface area (Å²) in [6.07, 6.45) is 11.4. The largest absolute Gasteiger partial charge is 0.299 e. The van der Waals surface area contributed by atoms with E-state index in [1.807, 2.05) is 6.08 Å². The zero-order valence-corrected chi connectivity index (χ0v) is 13.2. The highest BCUT2D eigenvalue weighted by molar-refractivity contribution is 5.91. The number of rotatable bonds is 0. The van der Waals surface area contributed by atoms with Gasteiger partial charge in [-0.05, 0) is 67.3 Å². The lowest BCUT2D eigenvalue weighted by Gasteiger charge is -2.57. The van der Waals surface area contributed by atoms with Gasteiger partial charge in [0.05, 0.1) is 0 Å². The van der Waals surface area contributed by atoms with Crippen molar-refractivity contribution in [2.24, 2.45) is 34.5 Å². The van der Waals surface area contributed by atoms with Crippen molar-refractivity contribution in [1.82, 2.24) is 0 Å². The molecule has 3 saturated carbocycles. The van der Waals surface area contributed by atoms with Crippen molar-refractivity contribution in [2.45, 2.75) is 58.8 Å². The lowest BCUT2D eigenvalue weighted by Crippen LogP contribution is -2.52. The third-order valence-corrected chi connectivity index (χ3v) is 7.75. The van der Waals surface area contributed by atoms with E-state index in [9.17, 15) is 9.59 Å². The van der Waals surface area contributed by atoms with Crippen LogP contribution in [-0.4, -0.2) is 11.6 Å². The van der Waals surface area contributed by atoms with E-state index in [2.05, 4.69) is 19.9 Å². The van der Waals surface area contributed by atoms with E-state index in [-0.39, 0.29) is 10.8 Å². The molecule has 0 heterocycles. The molecule has 0 aliphatic heterocycles. The van der Waals surface area contributed by atoms with Crippen LogP contribution in [0.1, 0.15) is 58.8 Å². The summed E-state index contributed by atoms with van der Waals surface area (Å²) in [5, 5.41) is 0. The molecule has 4 aliphatic carbocycles. The van der Waals surface area contributed by atoms with Crippen LogP contribution in [0.25, 0.3) is 0 Å². The second-order valence-electron chi connectivity index (χ2n) is 8.44. The normalized spacial score (nSPS) is 52.3. The molecule has 0 radical (unpaired) electrons. The van der Waals surface area contributed by atoms with Crippen LogP contribution in [0.2, 0.25) is 0 Å². The van der Waals surface area contributed by atoms with Gasteiger partial charge in [0.25, 0.3) is 0 Å². The second kappa shape index (κ2) is 4.30. The van der Waals surface area contributed by atoms with E-state index in [0.29, 0.717) is 35.2 Å². The topological polar surface area (TPSA) is 34.1 Å². The van der Waals surface area contributed by atoms with Gasteiger partial charge < -0.3 is 0 Å². The van der Waals surface area contributed by atoms with Crippen molar-refractivity contribution in [3.05, 3.63) is 12.2 Å². The van der Waals surface area contributed by atoms with Crippen LogP contribution < -0.4 is 0 Å². The fourth-order valence-corrected chi connectivity index (χ4v) is 6.41. The molecule has 0 N–H and O–H groups in total. The number of hydrogen-bond donors (Lipinski definition) is 0. The lowest BCUT2D eigenvalue weighted by atomic mass is 9.46. The molecule has 0 saturated heterocycles. The van der Waals surface area contributed by atoms with E-state index in [1.54, 1.807) is 0 Å². The van der Waals surface area contributed by atoms with Crippen LogP contribution in [0.15, 0.2) is 12.2 Å². The molecule has 21 heavy (non-hydrogen) atoms. The molecule has 0 bridgehead atoms. The highest BCUT2D eigenvalue weighted by Gasteiger charge is 2.59. The minimum atomic E-state index is -0.0292. The third kappa shape index (κ3) is 1.71. The molecule has 0 unspecified atom stereocenters. The van der Waals surface area contributed by atoms with Crippen LogP contribution in [-0.2, 0) is 9.59 Å². The Balaban J connectivity index is 1.70. The Morgan fingerprint density at radius 3 is 2.67 bits per heavy atom. The minimum absolute atomic E-state index is 0.0292. The maximum absolute atomic E-state index is 12.4. The molecule has 2 heteroatoms. The van der Waals surface area contributed by atoms with Crippen LogP contribution in [0, 0.1) is 34.5 Å². The quantitative estimate of drug-likeness (QED) is 0.676. The van der Waals surface area contributed by atoms with Gasteiger partial charge in [-0.3, -0.25) is 9.59 Å². The summed E-state index contributed by atoms with van der Waals surface area (Å²) in [4.78, 5) is 24.1. The Bertz CT molecular complexity index is 534. The van der Waals surface area contributed by atoms with Crippen molar-refractivity contribution in [1.29, 1.82) is 0 Å². The predicted molar refractivity (Wildman–Crippen MR) is 81.6 cm³/mol. The maximum atomic E-state index is 12.4. The molecule has 2 nitrogen and oxygen atoms in total. The first-order chi connectivity index (χ1) is 9.95. The number of hydrogen-bond acceptors (Lipinski definition) is 2. The smallest absolute Gasteiger partial charge is 0.155 e. The number of ketones is 2. The number of carbonyl (C=O) groups is 2. The van der Waals surface area contributed by atoms with Crippen LogP contribution in [0.5, 0.6) is 0 Å². The number of fused-ring (bicyclic) bond motifs is 5. The molecule has 4 aliphatic rings.